The van der Waals surface area contributed by atoms with E-state index in [9.17, 15) is 0 Å². The number of nitrogens with zero attached hydrogens (tertiary/aromatic N) is 2. The molecule has 0 saturated carbocycles. The average molecular weight is 787 g/mol. The van der Waals surface area contributed by atoms with Crippen LogP contribution in [-0.2, 0) is 0 Å². The van der Waals surface area contributed by atoms with Gasteiger partial charge in [-0.3, -0.25) is 0 Å². The summed E-state index contributed by atoms with van der Waals surface area (Å²) >= 11 is 0. The molecule has 0 fully saturated rings. The lowest BCUT2D eigenvalue weighted by Gasteiger charge is -2.15. The molecule has 0 bridgehead atoms. The first-order chi connectivity index (χ1) is 30.7. The molecular weight excluding hydrogens is 749 g/mol. The lowest BCUT2D eigenvalue weighted by atomic mass is 9.91. The van der Waals surface area contributed by atoms with Gasteiger partial charge in [0, 0.05) is 32.9 Å². The van der Waals surface area contributed by atoms with Gasteiger partial charge in [-0.25, -0.2) is 0 Å². The molecule has 0 radical (unpaired) electrons. The minimum absolute atomic E-state index is 1.15. The van der Waals surface area contributed by atoms with Crippen molar-refractivity contribution in [2.45, 2.75) is 0 Å². The van der Waals surface area contributed by atoms with Crippen LogP contribution in [0.2, 0.25) is 0 Å². The third-order valence-electron chi connectivity index (χ3n) is 13.0. The van der Waals surface area contributed by atoms with E-state index in [2.05, 4.69) is 240 Å². The maximum atomic E-state index is 2.48. The molecule has 0 atom stereocenters. The molecule has 0 aliphatic carbocycles. The Kier molecular flexibility index (Phi) is 7.64. The van der Waals surface area contributed by atoms with Crippen LogP contribution in [0.3, 0.4) is 0 Å². The van der Waals surface area contributed by atoms with Crippen LogP contribution in [0.25, 0.3) is 121 Å². The number of hydrogen-bond donors (Lipinski definition) is 0. The predicted molar refractivity (Wildman–Crippen MR) is 264 cm³/mol. The molecule has 0 aliphatic heterocycles. The third kappa shape index (κ3) is 5.30. The van der Waals surface area contributed by atoms with Crippen molar-refractivity contribution in [1.29, 1.82) is 0 Å². The first kappa shape index (κ1) is 34.6. The lowest BCUT2D eigenvalue weighted by Crippen LogP contribution is -1.96. The summed E-state index contributed by atoms with van der Waals surface area (Å²) < 4.78 is 4.89. The maximum Gasteiger partial charge on any atom is 0.0547 e. The van der Waals surface area contributed by atoms with Crippen molar-refractivity contribution in [1.82, 2.24) is 9.13 Å². The van der Waals surface area contributed by atoms with Gasteiger partial charge in [0.2, 0.25) is 0 Å². The summed E-state index contributed by atoms with van der Waals surface area (Å²) in [6.07, 6.45) is 0. The number of benzene rings is 11. The summed E-state index contributed by atoms with van der Waals surface area (Å²) in [5, 5.41) is 12.6. The molecule has 2 heteroatoms. The topological polar surface area (TPSA) is 9.86 Å². The number of para-hydroxylation sites is 3. The van der Waals surface area contributed by atoms with Crippen molar-refractivity contribution in [3.63, 3.8) is 0 Å². The normalized spacial score (nSPS) is 11.9. The smallest absolute Gasteiger partial charge is 0.0547 e. The fraction of sp³-hybridized carbons (Fsp3) is 0. The van der Waals surface area contributed by atoms with E-state index in [1.54, 1.807) is 0 Å². The number of rotatable bonds is 5. The standard InChI is InChI=1S/C60H38N2/c1-4-16-39(17-5-1)43-32-44(40-18-6-2-7-19-40)34-46(33-43)62-58-27-15-13-25-51(58)56-37-54-49-30-28-41(35-53(49)47-22-10-11-23-48(47)55(54)38-60(56)62)42-29-31-52-50-24-12-14-26-57(50)61(59(52)36-42)45-20-8-3-9-21-45/h1-38H. The second-order valence-corrected chi connectivity index (χ2v) is 16.5. The van der Waals surface area contributed by atoms with Gasteiger partial charge in [0.25, 0.3) is 0 Å². The molecule has 0 aliphatic rings. The zero-order valence-corrected chi connectivity index (χ0v) is 33.8. The summed E-state index contributed by atoms with van der Waals surface area (Å²) in [5.74, 6) is 0. The fourth-order valence-electron chi connectivity index (χ4n) is 10.2. The van der Waals surface area contributed by atoms with E-state index in [0.717, 1.165) is 5.69 Å². The molecule has 11 aromatic carbocycles. The van der Waals surface area contributed by atoms with Crippen LogP contribution in [0.15, 0.2) is 231 Å². The van der Waals surface area contributed by atoms with Crippen LogP contribution in [0.1, 0.15) is 0 Å². The van der Waals surface area contributed by atoms with Crippen LogP contribution in [0.5, 0.6) is 0 Å². The maximum absolute atomic E-state index is 2.48. The van der Waals surface area contributed by atoms with Crippen LogP contribution < -0.4 is 0 Å². The van der Waals surface area contributed by atoms with Crippen molar-refractivity contribution in [2.24, 2.45) is 0 Å². The van der Waals surface area contributed by atoms with Crippen LogP contribution in [0.4, 0.5) is 0 Å². The van der Waals surface area contributed by atoms with E-state index in [1.807, 2.05) is 0 Å². The van der Waals surface area contributed by atoms with Crippen LogP contribution in [0, 0.1) is 0 Å². The second-order valence-electron chi connectivity index (χ2n) is 16.5. The third-order valence-corrected chi connectivity index (χ3v) is 13.0. The van der Waals surface area contributed by atoms with E-state index in [4.69, 9.17) is 0 Å². The molecular formula is C60H38N2. The Hall–Kier alpha value is -8.20. The van der Waals surface area contributed by atoms with Gasteiger partial charge in [-0.1, -0.05) is 164 Å². The lowest BCUT2D eigenvalue weighted by molar-refractivity contribution is 1.18. The molecule has 13 aromatic rings. The number of aromatic nitrogens is 2. The molecule has 2 nitrogen and oxygen atoms in total. The SMILES string of the molecule is c1ccc(-c2cc(-c3ccccc3)cc(-n3c4ccccc4c4cc5c6ccc(-c7ccc8c9ccccc9n(-c9ccccc9)c8c7)cc6c6ccccc6c5cc43)c2)cc1. The van der Waals surface area contributed by atoms with Gasteiger partial charge in [-0.2, -0.15) is 0 Å². The predicted octanol–water partition coefficient (Wildman–Crippen LogP) is 16.3. The van der Waals surface area contributed by atoms with Crippen molar-refractivity contribution in [2.75, 3.05) is 0 Å². The Labute approximate surface area is 358 Å². The Morgan fingerprint density at radius 2 is 0.597 bits per heavy atom. The zero-order chi connectivity index (χ0) is 40.7. The molecule has 2 heterocycles. The summed E-state index contributed by atoms with van der Waals surface area (Å²) in [4.78, 5) is 0. The molecule has 0 amide bonds. The molecule has 0 unspecified atom stereocenters. The minimum Gasteiger partial charge on any atom is -0.309 e. The van der Waals surface area contributed by atoms with Crippen molar-refractivity contribution in [3.8, 4) is 44.8 Å². The number of hydrogen-bond acceptors (Lipinski definition) is 0. The van der Waals surface area contributed by atoms with Crippen molar-refractivity contribution >= 4 is 75.9 Å². The highest BCUT2D eigenvalue weighted by molar-refractivity contribution is 6.29. The Morgan fingerprint density at radius 3 is 1.23 bits per heavy atom. The second kappa shape index (κ2) is 13.7. The van der Waals surface area contributed by atoms with Gasteiger partial charge in [0.15, 0.2) is 0 Å². The highest BCUT2D eigenvalue weighted by atomic mass is 15.0. The van der Waals surface area contributed by atoms with Gasteiger partial charge >= 0.3 is 0 Å². The summed E-state index contributed by atoms with van der Waals surface area (Å²) in [6.45, 7) is 0. The molecule has 0 N–H and O–H groups in total. The Bertz CT molecular complexity index is 3840. The fourth-order valence-corrected chi connectivity index (χ4v) is 10.2. The zero-order valence-electron chi connectivity index (χ0n) is 33.8. The first-order valence-corrected chi connectivity index (χ1v) is 21.4. The van der Waals surface area contributed by atoms with Gasteiger partial charge in [-0.15, -0.1) is 0 Å². The quantitative estimate of drug-likeness (QED) is 0.154. The summed E-state index contributed by atoms with van der Waals surface area (Å²) in [5.41, 5.74) is 14.3. The molecule has 0 spiro atoms. The van der Waals surface area contributed by atoms with E-state index < -0.39 is 0 Å². The van der Waals surface area contributed by atoms with Gasteiger partial charge in [0.05, 0.1) is 22.1 Å². The Morgan fingerprint density at radius 1 is 0.177 bits per heavy atom. The van der Waals surface area contributed by atoms with Gasteiger partial charge in [0.1, 0.15) is 0 Å². The van der Waals surface area contributed by atoms with E-state index in [-0.39, 0.29) is 0 Å². The molecule has 288 valence electrons. The summed E-state index contributed by atoms with van der Waals surface area (Å²) in [6, 6.07) is 84.8. The van der Waals surface area contributed by atoms with Gasteiger partial charge < -0.3 is 9.13 Å². The Balaban J connectivity index is 1.05. The van der Waals surface area contributed by atoms with Crippen LogP contribution >= 0.6 is 0 Å². The average Bonchev–Trinajstić information content (AvgIpc) is 3.86. The highest BCUT2D eigenvalue weighted by Crippen LogP contribution is 2.43. The highest BCUT2D eigenvalue weighted by Gasteiger charge is 2.19. The monoisotopic (exact) mass is 786 g/mol. The largest absolute Gasteiger partial charge is 0.309 e. The summed E-state index contributed by atoms with van der Waals surface area (Å²) in [7, 11) is 0. The molecule has 2 aromatic heterocycles. The van der Waals surface area contributed by atoms with Crippen molar-refractivity contribution < 1.29 is 0 Å². The van der Waals surface area contributed by atoms with Crippen molar-refractivity contribution in [3.05, 3.63) is 231 Å². The van der Waals surface area contributed by atoms with E-state index >= 15 is 0 Å². The van der Waals surface area contributed by atoms with E-state index in [1.165, 1.54) is 115 Å². The van der Waals surface area contributed by atoms with Crippen LogP contribution in [-0.4, -0.2) is 9.13 Å². The number of fused-ring (bicyclic) bond motifs is 12. The molecule has 13 rings (SSSR count). The molecule has 0 saturated heterocycles. The van der Waals surface area contributed by atoms with E-state index in [0.29, 0.717) is 0 Å². The molecule has 62 heavy (non-hydrogen) atoms. The first-order valence-electron chi connectivity index (χ1n) is 21.4. The van der Waals surface area contributed by atoms with Gasteiger partial charge in [-0.05, 0) is 132 Å². The minimum atomic E-state index is 1.15.